The normalized spacial score (nSPS) is 10.6. The predicted octanol–water partition coefficient (Wildman–Crippen LogP) is 1.17. The standard InChI is InChI=1S/C8H16INO4/c1-3-4-13-7-10(6-12-2)14-8(11)5-9/h3-7H2,1-2H3. The van der Waals surface area contributed by atoms with Crippen LogP contribution in [0.1, 0.15) is 13.3 Å². The summed E-state index contributed by atoms with van der Waals surface area (Å²) in [6.07, 6.45) is 0.932. The molecule has 5 nitrogen and oxygen atoms in total. The lowest BCUT2D eigenvalue weighted by Gasteiger charge is -2.19. The fourth-order valence-electron chi connectivity index (χ4n) is 0.713. The second kappa shape index (κ2) is 9.63. The minimum atomic E-state index is -0.303. The van der Waals surface area contributed by atoms with Gasteiger partial charge in [0.2, 0.25) is 0 Å². The van der Waals surface area contributed by atoms with Crippen LogP contribution in [-0.2, 0) is 19.1 Å². The van der Waals surface area contributed by atoms with E-state index >= 15 is 0 Å². The zero-order valence-corrected chi connectivity index (χ0v) is 10.7. The molecule has 0 aromatic carbocycles. The van der Waals surface area contributed by atoms with Crippen molar-refractivity contribution in [3.63, 3.8) is 0 Å². The van der Waals surface area contributed by atoms with Crippen molar-refractivity contribution >= 4 is 28.6 Å². The van der Waals surface area contributed by atoms with Crippen LogP contribution in [0.4, 0.5) is 0 Å². The lowest BCUT2D eigenvalue weighted by molar-refractivity contribution is -0.234. The smallest absolute Gasteiger partial charge is 0.334 e. The molecule has 14 heavy (non-hydrogen) atoms. The maximum atomic E-state index is 10.9. The van der Waals surface area contributed by atoms with Gasteiger partial charge < -0.3 is 14.3 Å². The maximum Gasteiger partial charge on any atom is 0.334 e. The van der Waals surface area contributed by atoms with Gasteiger partial charge in [-0.15, -0.1) is 0 Å². The van der Waals surface area contributed by atoms with Gasteiger partial charge in [0, 0.05) is 13.7 Å². The van der Waals surface area contributed by atoms with Gasteiger partial charge in [-0.3, -0.25) is 0 Å². The number of hydroxylamine groups is 2. The summed E-state index contributed by atoms with van der Waals surface area (Å²) in [5, 5.41) is 1.34. The lowest BCUT2D eigenvalue weighted by Crippen LogP contribution is -2.32. The molecular weight excluding hydrogens is 301 g/mol. The SMILES string of the molecule is CCCOCN(COC)OC(=O)CI. The Bertz CT molecular complexity index is 156. The summed E-state index contributed by atoms with van der Waals surface area (Å²) in [7, 11) is 1.53. The first-order valence-corrected chi connectivity index (χ1v) is 5.85. The van der Waals surface area contributed by atoms with Crippen LogP contribution in [-0.4, -0.2) is 42.6 Å². The predicted molar refractivity (Wildman–Crippen MR) is 59.8 cm³/mol. The quantitative estimate of drug-likeness (QED) is 0.221. The molecule has 0 aromatic rings. The second-order valence-electron chi connectivity index (χ2n) is 2.53. The summed E-state index contributed by atoms with van der Waals surface area (Å²) < 4.78 is 10.4. The third-order valence-electron chi connectivity index (χ3n) is 1.20. The highest BCUT2D eigenvalue weighted by atomic mass is 127. The van der Waals surface area contributed by atoms with Crippen LogP contribution in [0.3, 0.4) is 0 Å². The Balaban J connectivity index is 3.70. The Morgan fingerprint density at radius 3 is 2.64 bits per heavy atom. The van der Waals surface area contributed by atoms with Gasteiger partial charge in [-0.2, -0.15) is 0 Å². The molecule has 0 saturated carbocycles. The number of rotatable bonds is 8. The third-order valence-corrected chi connectivity index (χ3v) is 1.82. The minimum Gasteiger partial charge on any atom is -0.366 e. The van der Waals surface area contributed by atoms with Crippen LogP contribution in [0.2, 0.25) is 0 Å². The van der Waals surface area contributed by atoms with Gasteiger partial charge in [0.05, 0.1) is 4.43 Å². The molecule has 0 bridgehead atoms. The Labute approximate surface area is 97.8 Å². The van der Waals surface area contributed by atoms with Crippen molar-refractivity contribution in [3.05, 3.63) is 0 Å². The van der Waals surface area contributed by atoms with E-state index in [1.54, 1.807) is 0 Å². The molecule has 0 fully saturated rings. The molecule has 0 saturated heterocycles. The van der Waals surface area contributed by atoms with Gasteiger partial charge in [0.25, 0.3) is 0 Å². The molecule has 6 heteroatoms. The Hall–Kier alpha value is 0.0800. The zero-order chi connectivity index (χ0) is 10.8. The second-order valence-corrected chi connectivity index (χ2v) is 3.30. The van der Waals surface area contributed by atoms with Crippen LogP contribution in [0.25, 0.3) is 0 Å². The summed E-state index contributed by atoms with van der Waals surface area (Å²) in [6.45, 7) is 3.11. The van der Waals surface area contributed by atoms with Crippen molar-refractivity contribution in [2.45, 2.75) is 13.3 Å². The molecule has 0 unspecified atom stereocenters. The lowest BCUT2D eigenvalue weighted by atomic mass is 10.5. The van der Waals surface area contributed by atoms with E-state index < -0.39 is 0 Å². The molecule has 0 amide bonds. The van der Waals surface area contributed by atoms with Crippen molar-refractivity contribution in [2.24, 2.45) is 0 Å². The van der Waals surface area contributed by atoms with Crippen LogP contribution < -0.4 is 0 Å². The Morgan fingerprint density at radius 2 is 2.14 bits per heavy atom. The zero-order valence-electron chi connectivity index (χ0n) is 8.49. The average Bonchev–Trinajstić information content (AvgIpc) is 2.18. The average molecular weight is 317 g/mol. The number of nitrogens with zero attached hydrogens (tertiary/aromatic N) is 1. The molecule has 0 spiro atoms. The first-order valence-electron chi connectivity index (χ1n) is 4.33. The van der Waals surface area contributed by atoms with Gasteiger partial charge in [-0.1, -0.05) is 34.6 Å². The Kier molecular flexibility index (Phi) is 9.68. The monoisotopic (exact) mass is 317 g/mol. The highest BCUT2D eigenvalue weighted by Crippen LogP contribution is 1.96. The number of ether oxygens (including phenoxy) is 2. The topological polar surface area (TPSA) is 48.0 Å². The summed E-state index contributed by atoms with van der Waals surface area (Å²) in [5.74, 6) is -0.303. The molecule has 0 atom stereocenters. The molecule has 0 aliphatic carbocycles. The molecule has 0 rings (SSSR count). The van der Waals surface area contributed by atoms with E-state index in [9.17, 15) is 4.79 Å². The largest absolute Gasteiger partial charge is 0.366 e. The van der Waals surface area contributed by atoms with Crippen LogP contribution in [0, 0.1) is 0 Å². The molecular formula is C8H16INO4. The summed E-state index contributed by atoms with van der Waals surface area (Å²) in [5.41, 5.74) is 0. The molecule has 0 heterocycles. The minimum absolute atomic E-state index is 0.214. The highest BCUT2D eigenvalue weighted by molar-refractivity contribution is 14.1. The van der Waals surface area contributed by atoms with Crippen molar-refractivity contribution in [3.8, 4) is 0 Å². The number of hydrogen-bond donors (Lipinski definition) is 0. The van der Waals surface area contributed by atoms with Gasteiger partial charge in [-0.25, -0.2) is 4.79 Å². The number of halogens is 1. The first kappa shape index (κ1) is 14.1. The Morgan fingerprint density at radius 1 is 1.43 bits per heavy atom. The number of alkyl halides is 1. The van der Waals surface area contributed by atoms with Crippen LogP contribution in [0.5, 0.6) is 0 Å². The molecule has 0 N–H and O–H groups in total. The van der Waals surface area contributed by atoms with Gasteiger partial charge >= 0.3 is 5.97 Å². The summed E-state index contributed by atoms with van der Waals surface area (Å²) in [6, 6.07) is 0. The molecule has 0 aliphatic rings. The number of hydrogen-bond acceptors (Lipinski definition) is 5. The molecule has 84 valence electrons. The fraction of sp³-hybridized carbons (Fsp3) is 0.875. The van der Waals surface area contributed by atoms with E-state index in [-0.39, 0.29) is 19.4 Å². The summed E-state index contributed by atoms with van der Waals surface area (Å²) >= 11 is 1.94. The fourth-order valence-corrected chi connectivity index (χ4v) is 0.852. The van der Waals surface area contributed by atoms with E-state index in [1.165, 1.54) is 12.2 Å². The van der Waals surface area contributed by atoms with E-state index in [4.69, 9.17) is 14.3 Å². The number of carbonyl (C=O) groups excluding carboxylic acids is 1. The van der Waals surface area contributed by atoms with Gasteiger partial charge in [0.1, 0.15) is 13.5 Å². The molecule has 0 radical (unpaired) electrons. The summed E-state index contributed by atoms with van der Waals surface area (Å²) in [4.78, 5) is 15.9. The van der Waals surface area contributed by atoms with Crippen molar-refractivity contribution in [2.75, 3.05) is 31.6 Å². The van der Waals surface area contributed by atoms with E-state index in [0.717, 1.165) is 6.42 Å². The highest BCUT2D eigenvalue weighted by Gasteiger charge is 2.09. The van der Waals surface area contributed by atoms with Gasteiger partial charge in [-0.05, 0) is 6.42 Å². The van der Waals surface area contributed by atoms with Crippen molar-refractivity contribution in [1.82, 2.24) is 5.06 Å². The van der Waals surface area contributed by atoms with Crippen LogP contribution in [0.15, 0.2) is 0 Å². The van der Waals surface area contributed by atoms with Crippen LogP contribution >= 0.6 is 22.6 Å². The van der Waals surface area contributed by atoms with E-state index in [2.05, 4.69) is 0 Å². The van der Waals surface area contributed by atoms with E-state index in [0.29, 0.717) is 11.0 Å². The van der Waals surface area contributed by atoms with Crippen molar-refractivity contribution < 1.29 is 19.1 Å². The number of methoxy groups -OCH3 is 1. The third kappa shape index (κ3) is 7.48. The first-order chi connectivity index (χ1) is 6.74. The van der Waals surface area contributed by atoms with E-state index in [1.807, 2.05) is 29.5 Å². The maximum absolute atomic E-state index is 10.9. The number of carbonyl (C=O) groups is 1. The van der Waals surface area contributed by atoms with Crippen molar-refractivity contribution in [1.29, 1.82) is 0 Å². The van der Waals surface area contributed by atoms with Gasteiger partial charge in [0.15, 0.2) is 0 Å². The molecule has 0 aliphatic heterocycles. The molecule has 0 aromatic heterocycles.